The predicted octanol–water partition coefficient (Wildman–Crippen LogP) is 5.26. The van der Waals surface area contributed by atoms with Crippen molar-refractivity contribution in [2.75, 3.05) is 32.8 Å². The van der Waals surface area contributed by atoms with Crippen molar-refractivity contribution in [3.8, 4) is 5.75 Å². The highest BCUT2D eigenvalue weighted by Crippen LogP contribution is 2.39. The number of ether oxygens (including phenoxy) is 1. The van der Waals surface area contributed by atoms with E-state index in [4.69, 9.17) is 4.74 Å². The zero-order valence-electron chi connectivity index (χ0n) is 23.1. The Morgan fingerprint density at radius 3 is 2.36 bits per heavy atom. The van der Waals surface area contributed by atoms with E-state index >= 15 is 0 Å². The molecule has 5 rings (SSSR count). The van der Waals surface area contributed by atoms with Gasteiger partial charge < -0.3 is 14.5 Å². The average Bonchev–Trinajstić information content (AvgIpc) is 2.95. The largest absolute Gasteiger partial charge is 0.491 e. The van der Waals surface area contributed by atoms with Crippen molar-refractivity contribution in [3.05, 3.63) is 89.0 Å². The molecular formula is C32H38N4O3. The summed E-state index contributed by atoms with van der Waals surface area (Å²) in [6.07, 6.45) is 10.5. The van der Waals surface area contributed by atoms with Gasteiger partial charge in [-0.1, -0.05) is 42.8 Å². The zero-order chi connectivity index (χ0) is 27.2. The van der Waals surface area contributed by atoms with Crippen molar-refractivity contribution < 1.29 is 14.3 Å². The van der Waals surface area contributed by atoms with Gasteiger partial charge in [-0.05, 0) is 74.1 Å². The van der Waals surface area contributed by atoms with Crippen LogP contribution in [0.5, 0.6) is 5.75 Å². The molecule has 3 heterocycles. The van der Waals surface area contributed by atoms with E-state index < -0.39 is 0 Å². The van der Waals surface area contributed by atoms with Gasteiger partial charge in [0.15, 0.2) is 0 Å². The molecule has 1 saturated heterocycles. The molecule has 1 aromatic heterocycles. The monoisotopic (exact) mass is 526 g/mol. The number of amides is 2. The fraction of sp³-hybridized carbons (Fsp3) is 0.438. The Bertz CT molecular complexity index is 1280. The van der Waals surface area contributed by atoms with Crippen LogP contribution in [0.15, 0.2) is 61.1 Å². The number of aryl methyl sites for hydroxylation is 3. The maximum Gasteiger partial charge on any atom is 0.274 e. The zero-order valence-corrected chi connectivity index (χ0v) is 23.1. The second-order valence-corrected chi connectivity index (χ2v) is 11.0. The molecule has 1 spiro atoms. The average molecular weight is 527 g/mol. The molecule has 0 unspecified atom stereocenters. The summed E-state index contributed by atoms with van der Waals surface area (Å²) >= 11 is 0. The summed E-state index contributed by atoms with van der Waals surface area (Å²) in [4.78, 5) is 39.5. The number of carbonyl (C=O) groups excluding carboxylic acids is 2. The maximum atomic E-state index is 13.6. The van der Waals surface area contributed by atoms with Gasteiger partial charge in [-0.15, -0.1) is 0 Å². The first-order valence-corrected chi connectivity index (χ1v) is 14.1. The molecule has 0 atom stereocenters. The van der Waals surface area contributed by atoms with Crippen LogP contribution in [0.4, 0.5) is 0 Å². The number of likely N-dealkylation sites (tertiary alicyclic amines) is 1. The van der Waals surface area contributed by atoms with Crippen molar-refractivity contribution in [1.82, 2.24) is 19.8 Å². The topological polar surface area (TPSA) is 75.6 Å². The molecule has 3 aromatic rings. The third-order valence-electron chi connectivity index (χ3n) is 8.40. The SMILES string of the molecule is Cc1cccc(C)c1C(=O)N1CCC2(CCCCc3ccccc3OCCN(C(=O)c3cnccn3)C2)CC1. The summed E-state index contributed by atoms with van der Waals surface area (Å²) in [5.74, 6) is 0.898. The third kappa shape index (κ3) is 6.13. The summed E-state index contributed by atoms with van der Waals surface area (Å²) in [6, 6.07) is 14.2. The maximum absolute atomic E-state index is 13.6. The second-order valence-electron chi connectivity index (χ2n) is 11.0. The number of hydrogen-bond acceptors (Lipinski definition) is 5. The van der Waals surface area contributed by atoms with Gasteiger partial charge in [0.25, 0.3) is 11.8 Å². The molecule has 0 aliphatic carbocycles. The van der Waals surface area contributed by atoms with Gasteiger partial charge in [-0.25, -0.2) is 4.98 Å². The number of nitrogens with zero attached hydrogens (tertiary/aromatic N) is 4. The Morgan fingerprint density at radius 2 is 1.62 bits per heavy atom. The predicted molar refractivity (Wildman–Crippen MR) is 151 cm³/mol. The van der Waals surface area contributed by atoms with Crippen LogP contribution in [0.25, 0.3) is 0 Å². The summed E-state index contributed by atoms with van der Waals surface area (Å²) in [7, 11) is 0. The summed E-state index contributed by atoms with van der Waals surface area (Å²) in [5, 5.41) is 0. The smallest absolute Gasteiger partial charge is 0.274 e. The fourth-order valence-corrected chi connectivity index (χ4v) is 6.14. The second kappa shape index (κ2) is 12.0. The number of carbonyl (C=O) groups is 2. The van der Waals surface area contributed by atoms with E-state index in [2.05, 4.69) is 22.1 Å². The number of benzene rings is 2. The van der Waals surface area contributed by atoms with E-state index in [1.165, 1.54) is 11.8 Å². The molecule has 2 amide bonds. The Kier molecular flexibility index (Phi) is 8.24. The van der Waals surface area contributed by atoms with E-state index in [1.54, 1.807) is 12.4 Å². The molecular weight excluding hydrogens is 488 g/mol. The lowest BCUT2D eigenvalue weighted by Gasteiger charge is -2.45. The Hall–Kier alpha value is -3.74. The lowest BCUT2D eigenvalue weighted by molar-refractivity contribution is 0.0325. The minimum absolute atomic E-state index is 0.0614. The van der Waals surface area contributed by atoms with Crippen LogP contribution in [0, 0.1) is 19.3 Å². The molecule has 2 aliphatic rings. The quantitative estimate of drug-likeness (QED) is 0.455. The Labute approximate surface area is 231 Å². The van der Waals surface area contributed by atoms with Crippen molar-refractivity contribution in [1.29, 1.82) is 0 Å². The Balaban J connectivity index is 1.37. The van der Waals surface area contributed by atoms with E-state index in [1.807, 2.05) is 54.0 Å². The van der Waals surface area contributed by atoms with Gasteiger partial charge in [-0.3, -0.25) is 14.6 Å². The lowest BCUT2D eigenvalue weighted by Crippen LogP contribution is -2.50. The molecule has 1 fully saturated rings. The standard InChI is InChI=1S/C32H38N4O3/c1-24-8-7-9-25(2)29(24)31(38)35-18-14-32(15-19-35)13-6-5-11-26-10-3-4-12-28(26)39-21-20-36(23-32)30(37)27-22-33-16-17-34-27/h3-4,7-10,12,16-17,22H,5-6,11,13-15,18-21,23H2,1-2H3. The van der Waals surface area contributed by atoms with E-state index in [0.29, 0.717) is 38.5 Å². The summed E-state index contributed by atoms with van der Waals surface area (Å²) < 4.78 is 6.19. The first-order valence-electron chi connectivity index (χ1n) is 14.1. The molecule has 0 N–H and O–H groups in total. The fourth-order valence-electron chi connectivity index (χ4n) is 6.14. The van der Waals surface area contributed by atoms with Crippen LogP contribution < -0.4 is 4.74 Å². The van der Waals surface area contributed by atoms with Gasteiger partial charge in [0.05, 0.1) is 12.7 Å². The summed E-state index contributed by atoms with van der Waals surface area (Å²) in [6.45, 7) is 6.91. The minimum Gasteiger partial charge on any atom is -0.491 e. The molecule has 2 aromatic carbocycles. The van der Waals surface area contributed by atoms with E-state index in [9.17, 15) is 9.59 Å². The van der Waals surface area contributed by atoms with Crippen LogP contribution in [-0.4, -0.2) is 64.4 Å². The molecule has 7 heteroatoms. The van der Waals surface area contributed by atoms with Crippen molar-refractivity contribution in [2.45, 2.75) is 52.4 Å². The lowest BCUT2D eigenvalue weighted by atomic mass is 9.73. The third-order valence-corrected chi connectivity index (χ3v) is 8.40. The van der Waals surface area contributed by atoms with Gasteiger partial charge >= 0.3 is 0 Å². The molecule has 204 valence electrons. The number of hydrogen-bond donors (Lipinski definition) is 0. The number of piperidine rings is 1. The van der Waals surface area contributed by atoms with Crippen LogP contribution >= 0.6 is 0 Å². The number of fused-ring (bicyclic) bond motifs is 1. The van der Waals surface area contributed by atoms with Crippen LogP contribution in [0.2, 0.25) is 0 Å². The molecule has 0 radical (unpaired) electrons. The molecule has 0 bridgehead atoms. The normalized spacial score (nSPS) is 17.9. The van der Waals surface area contributed by atoms with E-state index in [0.717, 1.165) is 61.0 Å². The molecule has 0 saturated carbocycles. The highest BCUT2D eigenvalue weighted by Gasteiger charge is 2.39. The van der Waals surface area contributed by atoms with Crippen molar-refractivity contribution in [2.24, 2.45) is 5.41 Å². The first-order chi connectivity index (χ1) is 19.0. The highest BCUT2D eigenvalue weighted by atomic mass is 16.5. The van der Waals surface area contributed by atoms with Gasteiger partial charge in [-0.2, -0.15) is 0 Å². The molecule has 39 heavy (non-hydrogen) atoms. The Morgan fingerprint density at radius 1 is 0.846 bits per heavy atom. The molecule has 7 nitrogen and oxygen atoms in total. The van der Waals surface area contributed by atoms with Gasteiger partial charge in [0.1, 0.15) is 18.1 Å². The van der Waals surface area contributed by atoms with Gasteiger partial charge in [0.2, 0.25) is 0 Å². The first kappa shape index (κ1) is 26.9. The van der Waals surface area contributed by atoms with Crippen molar-refractivity contribution in [3.63, 3.8) is 0 Å². The van der Waals surface area contributed by atoms with Crippen LogP contribution in [0.1, 0.15) is 69.6 Å². The molecule has 2 aliphatic heterocycles. The van der Waals surface area contributed by atoms with E-state index in [-0.39, 0.29) is 17.2 Å². The van der Waals surface area contributed by atoms with Gasteiger partial charge in [0, 0.05) is 37.6 Å². The van der Waals surface area contributed by atoms with Crippen LogP contribution in [0.3, 0.4) is 0 Å². The van der Waals surface area contributed by atoms with Crippen LogP contribution in [-0.2, 0) is 6.42 Å². The number of aromatic nitrogens is 2. The summed E-state index contributed by atoms with van der Waals surface area (Å²) in [5.41, 5.74) is 4.37. The van der Waals surface area contributed by atoms with Crippen molar-refractivity contribution >= 4 is 11.8 Å². The number of para-hydroxylation sites is 1. The number of rotatable bonds is 2. The minimum atomic E-state index is -0.120. The highest BCUT2D eigenvalue weighted by molar-refractivity contribution is 5.97.